The summed E-state index contributed by atoms with van der Waals surface area (Å²) in [6, 6.07) is 7.65. The molecule has 1 heterocycles. The first-order valence-electron chi connectivity index (χ1n) is 5.82. The highest BCUT2D eigenvalue weighted by molar-refractivity contribution is 5.89. The smallest absolute Gasteiger partial charge is 0.135 e. The van der Waals surface area contributed by atoms with E-state index in [1.807, 2.05) is 18.2 Å². The number of phenols is 1. The molecule has 2 rings (SSSR count). The highest BCUT2D eigenvalue weighted by Crippen LogP contribution is 2.30. The lowest BCUT2D eigenvalue weighted by atomic mass is 10.2. The fourth-order valence-electron chi connectivity index (χ4n) is 2.29. The summed E-state index contributed by atoms with van der Waals surface area (Å²) in [7, 11) is 0. The maximum Gasteiger partial charge on any atom is 0.135 e. The SMILES string of the molecule is CC(=O)Cc1cc2c(O)cccc2n1C(C)C. The first kappa shape index (κ1) is 11.7. The lowest BCUT2D eigenvalue weighted by molar-refractivity contribution is -0.116. The van der Waals surface area contributed by atoms with Gasteiger partial charge in [0.2, 0.25) is 0 Å². The normalized spacial score (nSPS) is 11.3. The minimum atomic E-state index is 0.134. The van der Waals surface area contributed by atoms with Gasteiger partial charge in [0.25, 0.3) is 0 Å². The molecule has 0 atom stereocenters. The number of aromatic hydroxyl groups is 1. The molecular formula is C14H17NO2. The van der Waals surface area contributed by atoms with Crippen LogP contribution in [0.3, 0.4) is 0 Å². The Hall–Kier alpha value is -1.77. The Bertz CT molecular complexity index is 567. The van der Waals surface area contributed by atoms with Crippen LogP contribution in [-0.4, -0.2) is 15.5 Å². The molecule has 1 aromatic heterocycles. The molecule has 90 valence electrons. The van der Waals surface area contributed by atoms with E-state index in [-0.39, 0.29) is 17.6 Å². The van der Waals surface area contributed by atoms with Gasteiger partial charge in [-0.1, -0.05) is 6.07 Å². The van der Waals surface area contributed by atoms with Gasteiger partial charge in [-0.2, -0.15) is 0 Å². The average Bonchev–Trinajstić information content (AvgIpc) is 2.56. The van der Waals surface area contributed by atoms with Crippen LogP contribution in [-0.2, 0) is 11.2 Å². The van der Waals surface area contributed by atoms with E-state index < -0.39 is 0 Å². The number of rotatable bonds is 3. The monoisotopic (exact) mass is 231 g/mol. The number of nitrogens with zero attached hydrogens (tertiary/aromatic N) is 1. The van der Waals surface area contributed by atoms with E-state index in [2.05, 4.69) is 18.4 Å². The Morgan fingerprint density at radius 2 is 2.12 bits per heavy atom. The standard InChI is InChI=1S/C14H17NO2/c1-9(2)15-11(7-10(3)16)8-12-13(15)5-4-6-14(12)17/h4-6,8-9,17H,7H2,1-3H3. The fourth-order valence-corrected chi connectivity index (χ4v) is 2.29. The molecule has 0 saturated heterocycles. The van der Waals surface area contributed by atoms with Crippen molar-refractivity contribution in [2.45, 2.75) is 33.2 Å². The summed E-state index contributed by atoms with van der Waals surface area (Å²) in [4.78, 5) is 11.3. The van der Waals surface area contributed by atoms with Crippen LogP contribution >= 0.6 is 0 Å². The van der Waals surface area contributed by atoms with Crippen LogP contribution in [0.4, 0.5) is 0 Å². The van der Waals surface area contributed by atoms with Crippen molar-refractivity contribution in [2.24, 2.45) is 0 Å². The van der Waals surface area contributed by atoms with E-state index in [0.29, 0.717) is 6.42 Å². The Morgan fingerprint density at radius 3 is 2.71 bits per heavy atom. The summed E-state index contributed by atoms with van der Waals surface area (Å²) >= 11 is 0. The van der Waals surface area contributed by atoms with Gasteiger partial charge in [0.1, 0.15) is 11.5 Å². The molecule has 0 fully saturated rings. The second kappa shape index (κ2) is 4.24. The summed E-state index contributed by atoms with van der Waals surface area (Å²) in [5, 5.41) is 10.6. The summed E-state index contributed by atoms with van der Waals surface area (Å²) in [6.07, 6.45) is 0.409. The number of phenolic OH excluding ortho intramolecular Hbond substituents is 1. The zero-order valence-corrected chi connectivity index (χ0v) is 10.4. The predicted octanol–water partition coefficient (Wildman–Crippen LogP) is 3.06. The van der Waals surface area contributed by atoms with Crippen LogP contribution in [0.2, 0.25) is 0 Å². The first-order chi connectivity index (χ1) is 8.00. The minimum Gasteiger partial charge on any atom is -0.507 e. The minimum absolute atomic E-state index is 0.134. The lowest BCUT2D eigenvalue weighted by Gasteiger charge is -2.13. The molecule has 2 aromatic rings. The molecule has 1 N–H and O–H groups in total. The van der Waals surface area contributed by atoms with E-state index in [4.69, 9.17) is 0 Å². The van der Waals surface area contributed by atoms with Gasteiger partial charge in [0.05, 0.1) is 5.52 Å². The van der Waals surface area contributed by atoms with Crippen molar-refractivity contribution in [3.8, 4) is 5.75 Å². The molecule has 0 radical (unpaired) electrons. The topological polar surface area (TPSA) is 42.2 Å². The van der Waals surface area contributed by atoms with Gasteiger partial charge < -0.3 is 9.67 Å². The van der Waals surface area contributed by atoms with Crippen molar-refractivity contribution >= 4 is 16.7 Å². The van der Waals surface area contributed by atoms with Crippen LogP contribution in [0.5, 0.6) is 5.75 Å². The molecule has 0 spiro atoms. The second-order valence-corrected chi connectivity index (χ2v) is 4.69. The summed E-state index contributed by atoms with van der Waals surface area (Å²) in [5.41, 5.74) is 1.94. The zero-order chi connectivity index (χ0) is 12.6. The van der Waals surface area contributed by atoms with Crippen molar-refractivity contribution < 1.29 is 9.90 Å². The van der Waals surface area contributed by atoms with E-state index >= 15 is 0 Å². The Labute approximate surface area is 101 Å². The molecule has 0 bridgehead atoms. The van der Waals surface area contributed by atoms with E-state index in [1.54, 1.807) is 13.0 Å². The largest absolute Gasteiger partial charge is 0.507 e. The third-order valence-corrected chi connectivity index (χ3v) is 2.89. The van der Waals surface area contributed by atoms with Gasteiger partial charge >= 0.3 is 0 Å². The molecule has 3 heteroatoms. The zero-order valence-electron chi connectivity index (χ0n) is 10.4. The molecule has 0 aliphatic rings. The molecule has 1 aromatic carbocycles. The summed E-state index contributed by atoms with van der Waals surface area (Å²) in [5.74, 6) is 0.404. The number of ketones is 1. The molecule has 0 aliphatic carbocycles. The number of fused-ring (bicyclic) bond motifs is 1. The summed E-state index contributed by atoms with van der Waals surface area (Å²) < 4.78 is 2.11. The number of Topliss-reactive ketones (excluding diaryl/α,β-unsaturated/α-hetero) is 1. The van der Waals surface area contributed by atoms with Crippen LogP contribution in [0.15, 0.2) is 24.3 Å². The first-order valence-corrected chi connectivity index (χ1v) is 5.82. The van der Waals surface area contributed by atoms with Gasteiger partial charge in [-0.15, -0.1) is 0 Å². The van der Waals surface area contributed by atoms with Gasteiger partial charge in [0, 0.05) is 23.5 Å². The highest BCUT2D eigenvalue weighted by atomic mass is 16.3. The maximum atomic E-state index is 11.3. The fraction of sp³-hybridized carbons (Fsp3) is 0.357. The number of hydrogen-bond donors (Lipinski definition) is 1. The van der Waals surface area contributed by atoms with E-state index in [0.717, 1.165) is 16.6 Å². The third-order valence-electron chi connectivity index (χ3n) is 2.89. The molecule has 0 saturated carbocycles. The third kappa shape index (κ3) is 2.05. The highest BCUT2D eigenvalue weighted by Gasteiger charge is 2.14. The van der Waals surface area contributed by atoms with Crippen molar-refractivity contribution in [2.75, 3.05) is 0 Å². The van der Waals surface area contributed by atoms with E-state index in [1.165, 1.54) is 0 Å². The maximum absolute atomic E-state index is 11.3. The average molecular weight is 231 g/mol. The van der Waals surface area contributed by atoms with Crippen LogP contribution in [0, 0.1) is 0 Å². The van der Waals surface area contributed by atoms with E-state index in [9.17, 15) is 9.90 Å². The Morgan fingerprint density at radius 1 is 1.41 bits per heavy atom. The number of aromatic nitrogens is 1. The number of carbonyl (C=O) groups excluding carboxylic acids is 1. The molecule has 3 nitrogen and oxygen atoms in total. The van der Waals surface area contributed by atoms with Crippen molar-refractivity contribution in [3.63, 3.8) is 0 Å². The van der Waals surface area contributed by atoms with Gasteiger partial charge in [-0.3, -0.25) is 4.79 Å². The van der Waals surface area contributed by atoms with Gasteiger partial charge in [-0.25, -0.2) is 0 Å². The van der Waals surface area contributed by atoms with Crippen LogP contribution < -0.4 is 0 Å². The quantitative estimate of drug-likeness (QED) is 0.882. The van der Waals surface area contributed by atoms with Crippen LogP contribution in [0.1, 0.15) is 32.5 Å². The Kier molecular flexibility index (Phi) is 2.92. The molecule has 17 heavy (non-hydrogen) atoms. The molecule has 0 unspecified atom stereocenters. The summed E-state index contributed by atoms with van der Waals surface area (Å²) in [6.45, 7) is 5.74. The van der Waals surface area contributed by atoms with Crippen LogP contribution in [0.25, 0.3) is 10.9 Å². The van der Waals surface area contributed by atoms with Crippen molar-refractivity contribution in [1.82, 2.24) is 4.57 Å². The number of hydrogen-bond acceptors (Lipinski definition) is 2. The number of benzene rings is 1. The molecule has 0 aliphatic heterocycles. The molecular weight excluding hydrogens is 214 g/mol. The number of carbonyl (C=O) groups is 1. The van der Waals surface area contributed by atoms with Gasteiger partial charge in [-0.05, 0) is 39.0 Å². The Balaban J connectivity index is 2.70. The van der Waals surface area contributed by atoms with Gasteiger partial charge in [0.15, 0.2) is 0 Å². The lowest BCUT2D eigenvalue weighted by Crippen LogP contribution is -2.08. The predicted molar refractivity (Wildman–Crippen MR) is 68.4 cm³/mol. The molecule has 0 amide bonds. The second-order valence-electron chi connectivity index (χ2n) is 4.69. The van der Waals surface area contributed by atoms with Crippen molar-refractivity contribution in [3.05, 3.63) is 30.0 Å². The van der Waals surface area contributed by atoms with Crippen molar-refractivity contribution in [1.29, 1.82) is 0 Å².